The Morgan fingerprint density at radius 3 is 2.65 bits per heavy atom. The summed E-state index contributed by atoms with van der Waals surface area (Å²) in [6.07, 6.45) is 1.83. The van der Waals surface area contributed by atoms with Crippen LogP contribution in [0.2, 0.25) is 0 Å². The van der Waals surface area contributed by atoms with Gasteiger partial charge >= 0.3 is 12.2 Å². The van der Waals surface area contributed by atoms with Crippen LogP contribution in [0.25, 0.3) is 0 Å². The van der Waals surface area contributed by atoms with E-state index in [9.17, 15) is 18.0 Å². The van der Waals surface area contributed by atoms with Crippen LogP contribution >= 0.6 is 0 Å². The van der Waals surface area contributed by atoms with E-state index in [0.29, 0.717) is 6.42 Å². The molecular formula is C14H16F3N5O. The molecule has 2 rings (SSSR count). The smallest absolute Gasteiger partial charge is 0.331 e. The number of carbonyl (C=O) groups excluding carboxylic acids is 1. The molecule has 0 spiro atoms. The topological polar surface area (TPSA) is 71.8 Å². The van der Waals surface area contributed by atoms with Crippen LogP contribution in [0.4, 0.5) is 23.7 Å². The van der Waals surface area contributed by atoms with Gasteiger partial charge in [-0.05, 0) is 24.1 Å². The quantitative estimate of drug-likeness (QED) is 0.886. The van der Waals surface area contributed by atoms with Gasteiger partial charge in [-0.1, -0.05) is 6.92 Å². The normalized spacial score (nSPS) is 12.7. The third-order valence-electron chi connectivity index (χ3n) is 3.05. The van der Waals surface area contributed by atoms with E-state index in [2.05, 4.69) is 20.7 Å². The Hall–Kier alpha value is -2.58. The van der Waals surface area contributed by atoms with E-state index in [4.69, 9.17) is 0 Å². The van der Waals surface area contributed by atoms with Gasteiger partial charge in [-0.15, -0.1) is 0 Å². The van der Waals surface area contributed by atoms with Gasteiger partial charge in [0.05, 0.1) is 17.9 Å². The maximum absolute atomic E-state index is 12.3. The fraction of sp³-hybridized carbons (Fsp3) is 0.357. The molecular weight excluding hydrogens is 311 g/mol. The molecule has 0 aliphatic rings. The number of alkyl halides is 3. The molecule has 0 bridgehead atoms. The Labute approximate surface area is 130 Å². The van der Waals surface area contributed by atoms with Crippen molar-refractivity contribution in [3.8, 4) is 0 Å². The number of carbonyl (C=O) groups is 1. The van der Waals surface area contributed by atoms with Crippen LogP contribution in [-0.2, 0) is 6.54 Å². The SMILES string of the molecule is CCC(NC(=O)Nc1cnn(CC(F)(F)F)c1)c1ccncc1. The highest BCUT2D eigenvalue weighted by Gasteiger charge is 2.28. The lowest BCUT2D eigenvalue weighted by molar-refractivity contribution is -0.142. The fourth-order valence-corrected chi connectivity index (χ4v) is 2.04. The largest absolute Gasteiger partial charge is 0.408 e. The summed E-state index contributed by atoms with van der Waals surface area (Å²) in [5.41, 5.74) is 1.08. The minimum atomic E-state index is -4.36. The molecule has 9 heteroatoms. The highest BCUT2D eigenvalue weighted by molar-refractivity contribution is 5.89. The van der Waals surface area contributed by atoms with Crippen LogP contribution < -0.4 is 10.6 Å². The molecule has 2 aromatic rings. The van der Waals surface area contributed by atoms with Gasteiger partial charge in [-0.25, -0.2) is 4.79 Å². The van der Waals surface area contributed by atoms with Gasteiger partial charge in [0.2, 0.25) is 0 Å². The molecule has 2 N–H and O–H groups in total. The van der Waals surface area contributed by atoms with Crippen LogP contribution in [-0.4, -0.2) is 27.0 Å². The monoisotopic (exact) mass is 327 g/mol. The lowest BCUT2D eigenvalue weighted by atomic mass is 10.1. The average molecular weight is 327 g/mol. The zero-order valence-corrected chi connectivity index (χ0v) is 12.3. The van der Waals surface area contributed by atoms with Crippen molar-refractivity contribution in [2.24, 2.45) is 0 Å². The van der Waals surface area contributed by atoms with Crippen molar-refractivity contribution >= 4 is 11.7 Å². The van der Waals surface area contributed by atoms with E-state index in [1.54, 1.807) is 24.5 Å². The van der Waals surface area contributed by atoms with Gasteiger partial charge in [0.25, 0.3) is 0 Å². The van der Waals surface area contributed by atoms with E-state index >= 15 is 0 Å². The Bertz CT molecular complexity index is 641. The Morgan fingerprint density at radius 2 is 2.04 bits per heavy atom. The summed E-state index contributed by atoms with van der Waals surface area (Å²) < 4.78 is 37.5. The van der Waals surface area contributed by atoms with Crippen molar-refractivity contribution in [1.29, 1.82) is 0 Å². The molecule has 124 valence electrons. The molecule has 0 saturated carbocycles. The van der Waals surface area contributed by atoms with Crippen molar-refractivity contribution < 1.29 is 18.0 Å². The molecule has 0 fully saturated rings. The number of urea groups is 1. The van der Waals surface area contributed by atoms with E-state index < -0.39 is 18.8 Å². The van der Waals surface area contributed by atoms with Crippen LogP contribution in [0.1, 0.15) is 24.9 Å². The highest BCUT2D eigenvalue weighted by Crippen LogP contribution is 2.18. The van der Waals surface area contributed by atoms with Gasteiger partial charge in [0.15, 0.2) is 0 Å². The van der Waals surface area contributed by atoms with Crippen LogP contribution in [0.5, 0.6) is 0 Å². The molecule has 0 aromatic carbocycles. The van der Waals surface area contributed by atoms with Crippen molar-refractivity contribution in [1.82, 2.24) is 20.1 Å². The van der Waals surface area contributed by atoms with E-state index in [-0.39, 0.29) is 11.7 Å². The first-order valence-corrected chi connectivity index (χ1v) is 6.94. The third kappa shape index (κ3) is 5.28. The van der Waals surface area contributed by atoms with Crippen molar-refractivity contribution in [2.45, 2.75) is 32.1 Å². The molecule has 0 radical (unpaired) electrons. The number of nitrogens with one attached hydrogen (secondary N) is 2. The van der Waals surface area contributed by atoms with E-state index in [1.165, 1.54) is 6.20 Å². The first kappa shape index (κ1) is 16.8. The number of anilines is 1. The standard InChI is InChI=1S/C14H16F3N5O/c1-2-12(10-3-5-18-6-4-10)21-13(23)20-11-7-19-22(8-11)9-14(15,16)17/h3-8,12H,2,9H2,1H3,(H2,20,21,23). The maximum Gasteiger partial charge on any atom is 0.408 e. The minimum absolute atomic E-state index is 0.191. The van der Waals surface area contributed by atoms with Crippen LogP contribution in [0.3, 0.4) is 0 Å². The summed E-state index contributed by atoms with van der Waals surface area (Å²) >= 11 is 0. The number of halogens is 3. The molecule has 2 aromatic heterocycles. The van der Waals surface area contributed by atoms with Gasteiger partial charge in [-0.3, -0.25) is 9.67 Å². The first-order chi connectivity index (χ1) is 10.9. The summed E-state index contributed by atoms with van der Waals surface area (Å²) in [6, 6.07) is 2.84. The van der Waals surface area contributed by atoms with Gasteiger partial charge in [0.1, 0.15) is 6.54 Å². The Balaban J connectivity index is 1.94. The number of amides is 2. The molecule has 2 amide bonds. The number of hydrogen-bond acceptors (Lipinski definition) is 3. The second-order valence-electron chi connectivity index (χ2n) is 4.88. The second kappa shape index (κ2) is 7.12. The van der Waals surface area contributed by atoms with E-state index in [1.807, 2.05) is 6.92 Å². The summed E-state index contributed by atoms with van der Waals surface area (Å²) in [4.78, 5) is 15.9. The molecule has 6 nitrogen and oxygen atoms in total. The lowest BCUT2D eigenvalue weighted by Crippen LogP contribution is -2.32. The average Bonchev–Trinajstić information content (AvgIpc) is 2.90. The summed E-state index contributed by atoms with van der Waals surface area (Å²) in [7, 11) is 0. The molecule has 2 heterocycles. The first-order valence-electron chi connectivity index (χ1n) is 6.94. The van der Waals surface area contributed by atoms with Gasteiger partial charge in [-0.2, -0.15) is 18.3 Å². The maximum atomic E-state index is 12.3. The molecule has 1 atom stereocenters. The van der Waals surface area contributed by atoms with Gasteiger partial charge < -0.3 is 10.6 Å². The summed E-state index contributed by atoms with van der Waals surface area (Å²) in [5.74, 6) is 0. The van der Waals surface area contributed by atoms with Crippen LogP contribution in [0.15, 0.2) is 36.9 Å². The van der Waals surface area contributed by atoms with Crippen LogP contribution in [0, 0.1) is 0 Å². The number of rotatable bonds is 5. The number of pyridine rings is 1. The third-order valence-corrected chi connectivity index (χ3v) is 3.05. The van der Waals surface area contributed by atoms with Gasteiger partial charge in [0, 0.05) is 18.6 Å². The van der Waals surface area contributed by atoms with Crippen molar-refractivity contribution in [3.63, 3.8) is 0 Å². The highest BCUT2D eigenvalue weighted by atomic mass is 19.4. The zero-order valence-electron chi connectivity index (χ0n) is 12.3. The Kier molecular flexibility index (Phi) is 5.20. The molecule has 23 heavy (non-hydrogen) atoms. The molecule has 1 unspecified atom stereocenters. The number of nitrogens with zero attached hydrogens (tertiary/aromatic N) is 3. The van der Waals surface area contributed by atoms with Crippen molar-refractivity contribution in [2.75, 3.05) is 5.32 Å². The predicted octanol–water partition coefficient (Wildman–Crippen LogP) is 3.11. The second-order valence-corrected chi connectivity index (χ2v) is 4.88. The number of aromatic nitrogens is 3. The van der Waals surface area contributed by atoms with E-state index in [0.717, 1.165) is 16.4 Å². The van der Waals surface area contributed by atoms with Crippen molar-refractivity contribution in [3.05, 3.63) is 42.5 Å². The summed E-state index contributed by atoms with van der Waals surface area (Å²) in [5, 5.41) is 8.78. The summed E-state index contributed by atoms with van der Waals surface area (Å²) in [6.45, 7) is 0.706. The zero-order chi connectivity index (χ0) is 16.9. The molecule has 0 aliphatic heterocycles. The molecule has 0 aliphatic carbocycles. The lowest BCUT2D eigenvalue weighted by Gasteiger charge is -2.17. The Morgan fingerprint density at radius 1 is 1.35 bits per heavy atom. The predicted molar refractivity (Wildman–Crippen MR) is 77.7 cm³/mol. The molecule has 0 saturated heterocycles. The number of hydrogen-bond donors (Lipinski definition) is 2. The minimum Gasteiger partial charge on any atom is -0.331 e. The fourth-order valence-electron chi connectivity index (χ4n) is 2.04.